The first kappa shape index (κ1) is 10.3. The van der Waals surface area contributed by atoms with Crippen molar-refractivity contribution < 1.29 is 9.18 Å². The van der Waals surface area contributed by atoms with Gasteiger partial charge in [0, 0.05) is 11.8 Å². The van der Waals surface area contributed by atoms with Gasteiger partial charge in [-0.05, 0) is 40.8 Å². The second kappa shape index (κ2) is 4.09. The normalized spacial score (nSPS) is 10.3. The minimum Gasteiger partial charge on any atom is -0.298 e. The highest BCUT2D eigenvalue weighted by Crippen LogP contribution is 2.15. The predicted octanol–water partition coefficient (Wildman–Crippen LogP) is 2.43. The lowest BCUT2D eigenvalue weighted by Crippen LogP contribution is -1.98. The Morgan fingerprint density at radius 2 is 2.27 bits per heavy atom. The number of carbonyl (C=O) groups excluding carboxylic acids is 1. The molecule has 0 bridgehead atoms. The molecule has 2 aromatic rings. The molecular formula is C10H6FIN2O. The molecule has 0 radical (unpaired) electrons. The minimum absolute atomic E-state index is 0.318. The molecule has 2 rings (SSSR count). The van der Waals surface area contributed by atoms with E-state index >= 15 is 0 Å². The van der Waals surface area contributed by atoms with Crippen LogP contribution in [-0.2, 0) is 0 Å². The molecule has 1 aromatic carbocycles. The number of hydrogen-bond acceptors (Lipinski definition) is 2. The summed E-state index contributed by atoms with van der Waals surface area (Å²) in [5.74, 6) is -0.459. The van der Waals surface area contributed by atoms with E-state index in [0.717, 1.165) is 3.57 Å². The fourth-order valence-electron chi connectivity index (χ4n) is 1.21. The third-order valence-corrected chi connectivity index (χ3v) is 2.46. The number of hydrogen-bond donors (Lipinski definition) is 0. The van der Waals surface area contributed by atoms with Crippen LogP contribution in [0.15, 0.2) is 30.6 Å². The molecule has 1 aromatic heterocycles. The first-order valence-corrected chi connectivity index (χ1v) is 5.24. The summed E-state index contributed by atoms with van der Waals surface area (Å²) in [5.41, 5.74) is 0.654. The zero-order chi connectivity index (χ0) is 10.8. The standard InChI is InChI=1S/C10H6FIN2O/c11-9-3-7(6-15)1-2-10(9)14-5-8(12)4-13-14/h1-6H. The fraction of sp³-hybridized carbons (Fsp3) is 0. The van der Waals surface area contributed by atoms with E-state index in [4.69, 9.17) is 0 Å². The molecular weight excluding hydrogens is 310 g/mol. The van der Waals surface area contributed by atoms with Crippen molar-refractivity contribution in [2.75, 3.05) is 0 Å². The highest BCUT2D eigenvalue weighted by Gasteiger charge is 2.06. The van der Waals surface area contributed by atoms with E-state index < -0.39 is 5.82 Å². The third-order valence-electron chi connectivity index (χ3n) is 1.91. The molecule has 5 heteroatoms. The van der Waals surface area contributed by atoms with Gasteiger partial charge in [0.05, 0.1) is 9.77 Å². The Kier molecular flexibility index (Phi) is 2.81. The van der Waals surface area contributed by atoms with E-state index in [-0.39, 0.29) is 0 Å². The Morgan fingerprint density at radius 3 is 2.80 bits per heavy atom. The molecule has 0 fully saturated rings. The molecule has 0 atom stereocenters. The largest absolute Gasteiger partial charge is 0.298 e. The number of benzene rings is 1. The van der Waals surface area contributed by atoms with E-state index in [1.165, 1.54) is 16.8 Å². The van der Waals surface area contributed by atoms with Gasteiger partial charge in [-0.2, -0.15) is 5.10 Å². The Morgan fingerprint density at radius 1 is 1.47 bits per heavy atom. The van der Waals surface area contributed by atoms with Crippen LogP contribution in [0.4, 0.5) is 4.39 Å². The van der Waals surface area contributed by atoms with Crippen molar-refractivity contribution in [1.29, 1.82) is 0 Å². The van der Waals surface area contributed by atoms with Crippen molar-refractivity contribution in [2.45, 2.75) is 0 Å². The molecule has 15 heavy (non-hydrogen) atoms. The first-order valence-electron chi connectivity index (χ1n) is 4.16. The maximum absolute atomic E-state index is 13.5. The van der Waals surface area contributed by atoms with Crippen LogP contribution < -0.4 is 0 Å². The van der Waals surface area contributed by atoms with Crippen molar-refractivity contribution in [3.05, 3.63) is 45.5 Å². The molecule has 0 saturated heterocycles. The maximum Gasteiger partial charge on any atom is 0.150 e. The Balaban J connectivity index is 2.49. The number of carbonyl (C=O) groups is 1. The molecule has 0 aliphatic heterocycles. The van der Waals surface area contributed by atoms with Crippen molar-refractivity contribution in [1.82, 2.24) is 9.78 Å². The van der Waals surface area contributed by atoms with Gasteiger partial charge in [0.2, 0.25) is 0 Å². The van der Waals surface area contributed by atoms with Crippen LogP contribution in [0.2, 0.25) is 0 Å². The molecule has 76 valence electrons. The summed E-state index contributed by atoms with van der Waals surface area (Å²) in [6.45, 7) is 0. The van der Waals surface area contributed by atoms with Gasteiger partial charge in [-0.3, -0.25) is 4.79 Å². The van der Waals surface area contributed by atoms with Gasteiger partial charge in [-0.25, -0.2) is 9.07 Å². The van der Waals surface area contributed by atoms with Gasteiger partial charge < -0.3 is 0 Å². The summed E-state index contributed by atoms with van der Waals surface area (Å²) < 4.78 is 15.9. The number of rotatable bonds is 2. The molecule has 0 spiro atoms. The van der Waals surface area contributed by atoms with Gasteiger partial charge >= 0.3 is 0 Å². The van der Waals surface area contributed by atoms with Gasteiger partial charge in [-0.1, -0.05) is 0 Å². The Labute approximate surface area is 99.0 Å². The molecule has 0 amide bonds. The van der Waals surface area contributed by atoms with Crippen LogP contribution in [0, 0.1) is 9.39 Å². The zero-order valence-corrected chi connectivity index (χ0v) is 9.68. The van der Waals surface area contributed by atoms with Crippen molar-refractivity contribution in [3.63, 3.8) is 0 Å². The van der Waals surface area contributed by atoms with Gasteiger partial charge in [0.15, 0.2) is 0 Å². The number of halogens is 2. The first-order chi connectivity index (χ1) is 7.20. The molecule has 0 unspecified atom stereocenters. The molecule has 0 aliphatic rings. The van der Waals surface area contributed by atoms with Crippen LogP contribution >= 0.6 is 22.6 Å². The molecule has 0 aliphatic carbocycles. The van der Waals surface area contributed by atoms with Gasteiger partial charge in [0.25, 0.3) is 0 Å². The lowest BCUT2D eigenvalue weighted by atomic mass is 10.2. The van der Waals surface area contributed by atoms with Crippen LogP contribution in [0.1, 0.15) is 10.4 Å². The second-order valence-electron chi connectivity index (χ2n) is 2.93. The van der Waals surface area contributed by atoms with E-state index in [9.17, 15) is 9.18 Å². The minimum atomic E-state index is -0.459. The summed E-state index contributed by atoms with van der Waals surface area (Å²) in [4.78, 5) is 10.4. The van der Waals surface area contributed by atoms with Gasteiger partial charge in [-0.15, -0.1) is 0 Å². The van der Waals surface area contributed by atoms with E-state index in [1.807, 2.05) is 0 Å². The lowest BCUT2D eigenvalue weighted by Gasteiger charge is -2.02. The lowest BCUT2D eigenvalue weighted by molar-refractivity contribution is 0.112. The molecule has 0 N–H and O–H groups in total. The van der Waals surface area contributed by atoms with E-state index in [2.05, 4.69) is 27.7 Å². The van der Waals surface area contributed by atoms with Crippen molar-refractivity contribution in [2.24, 2.45) is 0 Å². The third kappa shape index (κ3) is 2.06. The summed E-state index contributed by atoms with van der Waals surface area (Å²) >= 11 is 2.09. The average molecular weight is 316 g/mol. The highest BCUT2D eigenvalue weighted by atomic mass is 127. The Bertz CT molecular complexity index is 510. The topological polar surface area (TPSA) is 34.9 Å². The summed E-state index contributed by atoms with van der Waals surface area (Å²) in [5, 5.41) is 3.98. The molecule has 1 heterocycles. The van der Waals surface area contributed by atoms with Crippen LogP contribution in [0.25, 0.3) is 5.69 Å². The summed E-state index contributed by atoms with van der Waals surface area (Å²) in [7, 11) is 0. The van der Waals surface area contributed by atoms with Crippen LogP contribution in [0.3, 0.4) is 0 Å². The summed E-state index contributed by atoms with van der Waals surface area (Å²) in [6, 6.07) is 4.28. The molecule has 3 nitrogen and oxygen atoms in total. The molecule has 0 saturated carbocycles. The highest BCUT2D eigenvalue weighted by molar-refractivity contribution is 14.1. The van der Waals surface area contributed by atoms with Crippen molar-refractivity contribution in [3.8, 4) is 5.69 Å². The Hall–Kier alpha value is -1.24. The number of nitrogens with zero attached hydrogens (tertiary/aromatic N) is 2. The predicted molar refractivity (Wildman–Crippen MR) is 61.6 cm³/mol. The quantitative estimate of drug-likeness (QED) is 0.630. The number of aromatic nitrogens is 2. The van der Waals surface area contributed by atoms with E-state index in [0.29, 0.717) is 17.5 Å². The maximum atomic E-state index is 13.5. The fourth-order valence-corrected chi connectivity index (χ4v) is 1.60. The van der Waals surface area contributed by atoms with Crippen LogP contribution in [-0.4, -0.2) is 16.1 Å². The zero-order valence-electron chi connectivity index (χ0n) is 7.52. The summed E-state index contributed by atoms with van der Waals surface area (Å²) in [6.07, 6.45) is 3.95. The second-order valence-corrected chi connectivity index (χ2v) is 4.18. The van der Waals surface area contributed by atoms with Gasteiger partial charge in [0.1, 0.15) is 17.8 Å². The number of aldehydes is 1. The smallest absolute Gasteiger partial charge is 0.150 e. The SMILES string of the molecule is O=Cc1ccc(-n2cc(I)cn2)c(F)c1. The monoisotopic (exact) mass is 316 g/mol. The van der Waals surface area contributed by atoms with E-state index in [1.54, 1.807) is 18.5 Å². The van der Waals surface area contributed by atoms with Crippen LogP contribution in [0.5, 0.6) is 0 Å². The average Bonchev–Trinajstić information content (AvgIpc) is 2.64. The van der Waals surface area contributed by atoms with Crippen molar-refractivity contribution >= 4 is 28.9 Å².